The minimum atomic E-state index is -0.167. The monoisotopic (exact) mass is 292 g/mol. The minimum Gasteiger partial charge on any atom is -0.488 e. The summed E-state index contributed by atoms with van der Waals surface area (Å²) < 4.78 is 19.2. The minimum absolute atomic E-state index is 0.167. The second-order valence-electron chi connectivity index (χ2n) is 6.41. The average molecular weight is 292 g/mol. The van der Waals surface area contributed by atoms with Crippen molar-refractivity contribution in [3.05, 3.63) is 29.6 Å². The van der Waals surface area contributed by atoms with Crippen LogP contribution in [0.15, 0.2) is 18.2 Å². The van der Waals surface area contributed by atoms with E-state index in [1.807, 2.05) is 7.05 Å². The molecule has 4 heteroatoms. The molecular weight excluding hydrogens is 267 g/mol. The number of halogens is 1. The SMILES string of the molecule is CNC(C)C1CCN(CC2Cc3cc(F)ccc3O2)CC1. The van der Waals surface area contributed by atoms with Gasteiger partial charge in [-0.25, -0.2) is 4.39 Å². The number of benzene rings is 1. The first-order valence-corrected chi connectivity index (χ1v) is 8.00. The zero-order chi connectivity index (χ0) is 14.8. The van der Waals surface area contributed by atoms with Gasteiger partial charge in [-0.1, -0.05) is 0 Å². The number of likely N-dealkylation sites (tertiary alicyclic amines) is 1. The summed E-state index contributed by atoms with van der Waals surface area (Å²) in [5.41, 5.74) is 1.01. The van der Waals surface area contributed by atoms with Gasteiger partial charge in [0.15, 0.2) is 0 Å². The predicted octanol–water partition coefficient (Wildman–Crippen LogP) is 2.45. The lowest BCUT2D eigenvalue weighted by molar-refractivity contribution is 0.109. The van der Waals surface area contributed by atoms with Crippen LogP contribution in [0.25, 0.3) is 0 Å². The summed E-state index contributed by atoms with van der Waals surface area (Å²) in [6, 6.07) is 5.44. The molecule has 1 saturated heterocycles. The van der Waals surface area contributed by atoms with E-state index in [1.165, 1.54) is 18.9 Å². The summed E-state index contributed by atoms with van der Waals surface area (Å²) in [6.07, 6.45) is 3.51. The van der Waals surface area contributed by atoms with Crippen LogP contribution in [-0.2, 0) is 6.42 Å². The summed E-state index contributed by atoms with van der Waals surface area (Å²) in [6.45, 7) is 5.51. The molecule has 1 aromatic carbocycles. The second-order valence-corrected chi connectivity index (χ2v) is 6.41. The largest absolute Gasteiger partial charge is 0.488 e. The van der Waals surface area contributed by atoms with E-state index in [2.05, 4.69) is 17.1 Å². The smallest absolute Gasteiger partial charge is 0.123 e. The first-order chi connectivity index (χ1) is 10.2. The highest BCUT2D eigenvalue weighted by molar-refractivity contribution is 5.37. The molecule has 2 aliphatic heterocycles. The van der Waals surface area contributed by atoms with Gasteiger partial charge in [-0.2, -0.15) is 0 Å². The Hall–Kier alpha value is -1.13. The molecule has 0 bridgehead atoms. The molecule has 2 heterocycles. The Morgan fingerprint density at radius 3 is 2.86 bits per heavy atom. The van der Waals surface area contributed by atoms with Crippen molar-refractivity contribution in [3.8, 4) is 5.75 Å². The summed E-state index contributed by atoms with van der Waals surface area (Å²) in [7, 11) is 2.04. The van der Waals surface area contributed by atoms with Crippen molar-refractivity contribution in [2.24, 2.45) is 5.92 Å². The summed E-state index contributed by atoms with van der Waals surface area (Å²) in [5.74, 6) is 1.47. The van der Waals surface area contributed by atoms with E-state index < -0.39 is 0 Å². The second kappa shape index (κ2) is 6.32. The normalized spacial score (nSPS) is 24.6. The number of hydrogen-bond donors (Lipinski definition) is 1. The molecule has 0 aromatic heterocycles. The van der Waals surface area contributed by atoms with Gasteiger partial charge >= 0.3 is 0 Å². The molecule has 116 valence electrons. The summed E-state index contributed by atoms with van der Waals surface area (Å²) in [4.78, 5) is 2.49. The quantitative estimate of drug-likeness (QED) is 0.922. The van der Waals surface area contributed by atoms with E-state index in [0.29, 0.717) is 6.04 Å². The first kappa shape index (κ1) is 14.8. The molecule has 0 radical (unpaired) electrons. The summed E-state index contributed by atoms with van der Waals surface area (Å²) in [5, 5.41) is 3.36. The number of nitrogens with one attached hydrogen (secondary N) is 1. The van der Waals surface area contributed by atoms with E-state index in [-0.39, 0.29) is 11.9 Å². The molecule has 2 atom stereocenters. The van der Waals surface area contributed by atoms with Crippen LogP contribution >= 0.6 is 0 Å². The lowest BCUT2D eigenvalue weighted by Gasteiger charge is -2.35. The van der Waals surface area contributed by atoms with E-state index in [1.54, 1.807) is 12.1 Å². The van der Waals surface area contributed by atoms with E-state index >= 15 is 0 Å². The van der Waals surface area contributed by atoms with Crippen LogP contribution in [0.5, 0.6) is 5.75 Å². The van der Waals surface area contributed by atoms with Crippen molar-refractivity contribution in [2.45, 2.75) is 38.3 Å². The fourth-order valence-electron chi connectivity index (χ4n) is 3.55. The van der Waals surface area contributed by atoms with Crippen LogP contribution in [0.2, 0.25) is 0 Å². The van der Waals surface area contributed by atoms with Gasteiger partial charge in [0.25, 0.3) is 0 Å². The van der Waals surface area contributed by atoms with Gasteiger partial charge in [0.1, 0.15) is 17.7 Å². The van der Waals surface area contributed by atoms with Crippen LogP contribution in [0.3, 0.4) is 0 Å². The Morgan fingerprint density at radius 2 is 2.14 bits per heavy atom. The molecule has 1 fully saturated rings. The van der Waals surface area contributed by atoms with Crippen molar-refractivity contribution in [1.82, 2.24) is 10.2 Å². The lowest BCUT2D eigenvalue weighted by atomic mass is 9.90. The highest BCUT2D eigenvalue weighted by Gasteiger charge is 2.28. The van der Waals surface area contributed by atoms with Gasteiger partial charge < -0.3 is 10.1 Å². The predicted molar refractivity (Wildman–Crippen MR) is 82.2 cm³/mol. The fraction of sp³-hybridized carbons (Fsp3) is 0.647. The van der Waals surface area contributed by atoms with Crippen LogP contribution in [-0.4, -0.2) is 43.7 Å². The van der Waals surface area contributed by atoms with Crippen LogP contribution in [0, 0.1) is 11.7 Å². The molecule has 2 unspecified atom stereocenters. The lowest BCUT2D eigenvalue weighted by Crippen LogP contribution is -2.44. The standard InChI is InChI=1S/C17H25FN2O/c1-12(19-2)13-5-7-20(8-6-13)11-16-10-14-9-15(18)3-4-17(14)21-16/h3-4,9,12-13,16,19H,5-8,10-11H2,1-2H3. The number of ether oxygens (including phenoxy) is 1. The molecular formula is C17H25FN2O. The van der Waals surface area contributed by atoms with Gasteiger partial charge in [0.2, 0.25) is 0 Å². The topological polar surface area (TPSA) is 24.5 Å². The van der Waals surface area contributed by atoms with Crippen LogP contribution in [0.1, 0.15) is 25.3 Å². The highest BCUT2D eigenvalue weighted by atomic mass is 19.1. The van der Waals surface area contributed by atoms with Crippen LogP contribution < -0.4 is 10.1 Å². The van der Waals surface area contributed by atoms with Crippen molar-refractivity contribution < 1.29 is 9.13 Å². The molecule has 3 nitrogen and oxygen atoms in total. The first-order valence-electron chi connectivity index (χ1n) is 8.00. The van der Waals surface area contributed by atoms with Crippen LogP contribution in [0.4, 0.5) is 4.39 Å². The molecule has 1 aromatic rings. The maximum Gasteiger partial charge on any atom is 0.123 e. The zero-order valence-electron chi connectivity index (χ0n) is 12.9. The third-order valence-corrected chi connectivity index (χ3v) is 5.02. The van der Waals surface area contributed by atoms with E-state index in [9.17, 15) is 4.39 Å². The van der Waals surface area contributed by atoms with E-state index in [0.717, 1.165) is 43.3 Å². The molecule has 3 rings (SSSR count). The average Bonchev–Trinajstić information content (AvgIpc) is 2.88. The van der Waals surface area contributed by atoms with Gasteiger partial charge in [-0.15, -0.1) is 0 Å². The van der Waals surface area contributed by atoms with Crippen molar-refractivity contribution in [3.63, 3.8) is 0 Å². The molecule has 1 N–H and O–H groups in total. The number of hydrogen-bond acceptors (Lipinski definition) is 3. The maximum atomic E-state index is 13.2. The van der Waals surface area contributed by atoms with Gasteiger partial charge in [-0.3, -0.25) is 4.90 Å². The molecule has 2 aliphatic rings. The third-order valence-electron chi connectivity index (χ3n) is 5.02. The highest BCUT2D eigenvalue weighted by Crippen LogP contribution is 2.30. The van der Waals surface area contributed by atoms with E-state index in [4.69, 9.17) is 4.74 Å². The van der Waals surface area contributed by atoms with Gasteiger partial charge in [0.05, 0.1) is 0 Å². The van der Waals surface area contributed by atoms with Gasteiger partial charge in [-0.05, 0) is 64.0 Å². The Labute approximate surface area is 126 Å². The Bertz CT molecular complexity index is 486. The molecule has 21 heavy (non-hydrogen) atoms. The fourth-order valence-corrected chi connectivity index (χ4v) is 3.55. The number of piperidine rings is 1. The Balaban J connectivity index is 1.49. The number of fused-ring (bicyclic) bond motifs is 1. The van der Waals surface area contributed by atoms with Crippen molar-refractivity contribution in [2.75, 3.05) is 26.7 Å². The maximum absolute atomic E-state index is 13.2. The van der Waals surface area contributed by atoms with Gasteiger partial charge in [0, 0.05) is 24.6 Å². The molecule has 0 aliphatic carbocycles. The molecule has 0 saturated carbocycles. The zero-order valence-corrected chi connectivity index (χ0v) is 12.9. The Kier molecular flexibility index (Phi) is 4.45. The molecule has 0 amide bonds. The van der Waals surface area contributed by atoms with Crippen molar-refractivity contribution in [1.29, 1.82) is 0 Å². The Morgan fingerprint density at radius 1 is 1.38 bits per heavy atom. The summed E-state index contributed by atoms with van der Waals surface area (Å²) >= 11 is 0. The van der Waals surface area contributed by atoms with Crippen molar-refractivity contribution >= 4 is 0 Å². The number of nitrogens with zero attached hydrogens (tertiary/aromatic N) is 1. The molecule has 0 spiro atoms. The third kappa shape index (κ3) is 3.38. The number of rotatable bonds is 4.